The molecule has 1 amide bonds. The molecule has 0 spiro atoms. The summed E-state index contributed by atoms with van der Waals surface area (Å²) in [6.45, 7) is 9.74. The van der Waals surface area contributed by atoms with Gasteiger partial charge in [0.05, 0.1) is 19.7 Å². The molecule has 0 bridgehead atoms. The van der Waals surface area contributed by atoms with Gasteiger partial charge in [0.2, 0.25) is 5.95 Å². The average molecular weight is 458 g/mol. The highest BCUT2D eigenvalue weighted by molar-refractivity contribution is 5.92. The van der Waals surface area contributed by atoms with Gasteiger partial charge in [-0.1, -0.05) is 39.8 Å². The van der Waals surface area contributed by atoms with Gasteiger partial charge in [-0.05, 0) is 30.7 Å². The molecule has 0 aliphatic carbocycles. The SMILES string of the molecule is CC.CC.COc1ccc(CNc2nc(NNC(=O)CO)c3cccc(C)c3n2)c(OC)c1. The molecule has 180 valence electrons. The van der Waals surface area contributed by atoms with E-state index in [-0.39, 0.29) is 0 Å². The molecule has 0 aliphatic rings. The fraction of sp³-hybridized carbons (Fsp3) is 0.375. The summed E-state index contributed by atoms with van der Waals surface area (Å²) >= 11 is 0. The van der Waals surface area contributed by atoms with E-state index < -0.39 is 12.5 Å². The van der Waals surface area contributed by atoms with Crippen LogP contribution in [0.1, 0.15) is 38.8 Å². The Morgan fingerprint density at radius 1 is 1.03 bits per heavy atom. The van der Waals surface area contributed by atoms with E-state index in [1.807, 2.05) is 65.0 Å². The molecule has 0 aliphatic heterocycles. The first-order valence-electron chi connectivity index (χ1n) is 10.9. The number of hydrogen-bond acceptors (Lipinski definition) is 8. The number of amides is 1. The number of ether oxygens (including phenoxy) is 2. The molecule has 1 aromatic heterocycles. The van der Waals surface area contributed by atoms with Crippen molar-refractivity contribution in [2.45, 2.75) is 41.2 Å². The summed E-state index contributed by atoms with van der Waals surface area (Å²) in [5.74, 6) is 1.62. The lowest BCUT2D eigenvalue weighted by molar-refractivity contribution is -0.123. The Balaban J connectivity index is 0.00000129. The topological polar surface area (TPSA) is 118 Å². The van der Waals surface area contributed by atoms with E-state index in [1.54, 1.807) is 20.3 Å². The number of aryl methyl sites for hydroxylation is 1. The smallest absolute Gasteiger partial charge is 0.264 e. The zero-order valence-electron chi connectivity index (χ0n) is 20.4. The lowest BCUT2D eigenvalue weighted by Crippen LogP contribution is -2.32. The first-order chi connectivity index (χ1) is 16.0. The highest BCUT2D eigenvalue weighted by Gasteiger charge is 2.11. The van der Waals surface area contributed by atoms with Crippen LogP contribution in [-0.2, 0) is 11.3 Å². The number of carbonyl (C=O) groups excluding carboxylic acids is 1. The Hall–Kier alpha value is -3.59. The van der Waals surface area contributed by atoms with E-state index in [9.17, 15) is 4.79 Å². The number of benzene rings is 2. The van der Waals surface area contributed by atoms with Gasteiger partial charge in [-0.2, -0.15) is 4.98 Å². The molecule has 3 aromatic rings. The van der Waals surface area contributed by atoms with Crippen molar-refractivity contribution in [2.75, 3.05) is 31.6 Å². The Morgan fingerprint density at radius 3 is 2.39 bits per heavy atom. The van der Waals surface area contributed by atoms with Crippen LogP contribution in [-0.4, -0.2) is 41.8 Å². The molecular formula is C24H35N5O4. The van der Waals surface area contributed by atoms with Gasteiger partial charge in [0.1, 0.15) is 18.1 Å². The molecule has 0 radical (unpaired) electrons. The molecule has 9 heteroatoms. The number of hydrazine groups is 1. The van der Waals surface area contributed by atoms with Crippen LogP contribution in [0.5, 0.6) is 11.5 Å². The van der Waals surface area contributed by atoms with Crippen LogP contribution in [0, 0.1) is 6.92 Å². The third kappa shape index (κ3) is 7.50. The Bertz CT molecular complexity index is 1030. The number of nitrogens with zero attached hydrogens (tertiary/aromatic N) is 2. The minimum atomic E-state index is -0.628. The van der Waals surface area contributed by atoms with Crippen LogP contribution >= 0.6 is 0 Å². The maximum absolute atomic E-state index is 11.4. The summed E-state index contributed by atoms with van der Waals surface area (Å²) in [6, 6.07) is 11.2. The fourth-order valence-corrected chi connectivity index (χ4v) is 2.81. The number of aliphatic hydroxyl groups excluding tert-OH is 1. The molecule has 0 atom stereocenters. The summed E-state index contributed by atoms with van der Waals surface area (Å²) < 4.78 is 10.6. The van der Waals surface area contributed by atoms with Crippen molar-refractivity contribution in [3.8, 4) is 11.5 Å². The number of carbonyl (C=O) groups is 1. The second kappa shape index (κ2) is 14.5. The number of anilines is 2. The zero-order chi connectivity index (χ0) is 24.8. The summed E-state index contributed by atoms with van der Waals surface area (Å²) in [5.41, 5.74) is 7.77. The van der Waals surface area contributed by atoms with Crippen molar-refractivity contribution < 1.29 is 19.4 Å². The van der Waals surface area contributed by atoms with Crippen LogP contribution in [0.15, 0.2) is 36.4 Å². The van der Waals surface area contributed by atoms with Gasteiger partial charge in [-0.25, -0.2) is 4.98 Å². The summed E-state index contributed by atoms with van der Waals surface area (Å²) in [4.78, 5) is 20.5. The van der Waals surface area contributed by atoms with E-state index >= 15 is 0 Å². The number of hydrogen-bond donors (Lipinski definition) is 4. The number of fused-ring (bicyclic) bond motifs is 1. The monoisotopic (exact) mass is 457 g/mol. The number of methoxy groups -OCH3 is 2. The highest BCUT2D eigenvalue weighted by atomic mass is 16.5. The summed E-state index contributed by atoms with van der Waals surface area (Å²) in [5, 5.41) is 12.8. The maximum Gasteiger partial charge on any atom is 0.264 e. The molecule has 3 rings (SSSR count). The van der Waals surface area contributed by atoms with E-state index in [1.165, 1.54) is 0 Å². The number of rotatable bonds is 8. The summed E-state index contributed by atoms with van der Waals surface area (Å²) in [6.07, 6.45) is 0. The van der Waals surface area contributed by atoms with E-state index in [4.69, 9.17) is 14.6 Å². The quantitative estimate of drug-likeness (QED) is 0.374. The normalized spacial score (nSPS) is 9.58. The summed E-state index contributed by atoms with van der Waals surface area (Å²) in [7, 11) is 3.20. The first-order valence-corrected chi connectivity index (χ1v) is 10.9. The fourth-order valence-electron chi connectivity index (χ4n) is 2.81. The predicted octanol–water partition coefficient (Wildman–Crippen LogP) is 4.06. The molecule has 0 unspecified atom stereocenters. The van der Waals surface area contributed by atoms with Crippen molar-refractivity contribution in [1.29, 1.82) is 0 Å². The van der Waals surface area contributed by atoms with Gasteiger partial charge in [0.25, 0.3) is 5.91 Å². The van der Waals surface area contributed by atoms with Crippen molar-refractivity contribution in [3.63, 3.8) is 0 Å². The Morgan fingerprint density at radius 2 is 1.76 bits per heavy atom. The average Bonchev–Trinajstić information content (AvgIpc) is 2.88. The standard InChI is InChI=1S/C20H23N5O4.2C2H6/c1-12-5-4-6-15-18(12)22-20(23-19(15)25-24-17(27)11-26)21-10-13-7-8-14(28-2)9-16(13)29-3;2*1-2/h4-9,26H,10-11H2,1-3H3,(H,24,27)(H2,21,22,23,25);2*1-2H3. The highest BCUT2D eigenvalue weighted by Crippen LogP contribution is 2.27. The number of para-hydroxylation sites is 1. The Labute approximate surface area is 195 Å². The van der Waals surface area contributed by atoms with Gasteiger partial charge in [0, 0.05) is 23.6 Å². The molecular weight excluding hydrogens is 422 g/mol. The number of nitrogens with one attached hydrogen (secondary N) is 3. The van der Waals surface area contributed by atoms with Crippen LogP contribution in [0.4, 0.5) is 11.8 Å². The minimum Gasteiger partial charge on any atom is -0.497 e. The van der Waals surface area contributed by atoms with Crippen molar-refractivity contribution in [3.05, 3.63) is 47.5 Å². The first kappa shape index (κ1) is 27.4. The van der Waals surface area contributed by atoms with E-state index in [0.29, 0.717) is 29.8 Å². The zero-order valence-corrected chi connectivity index (χ0v) is 20.4. The Kier molecular flexibility index (Phi) is 12.0. The van der Waals surface area contributed by atoms with Gasteiger partial charge in [-0.15, -0.1) is 0 Å². The van der Waals surface area contributed by atoms with Crippen LogP contribution < -0.4 is 25.6 Å². The van der Waals surface area contributed by atoms with Crippen molar-refractivity contribution in [2.24, 2.45) is 0 Å². The second-order valence-electron chi connectivity index (χ2n) is 6.23. The van der Waals surface area contributed by atoms with E-state index in [2.05, 4.69) is 26.1 Å². The number of aromatic nitrogens is 2. The van der Waals surface area contributed by atoms with Crippen LogP contribution in [0.3, 0.4) is 0 Å². The third-order valence-electron chi connectivity index (χ3n) is 4.32. The maximum atomic E-state index is 11.4. The molecule has 9 nitrogen and oxygen atoms in total. The van der Waals surface area contributed by atoms with Crippen molar-refractivity contribution >= 4 is 28.6 Å². The molecule has 1 heterocycles. The number of aliphatic hydroxyl groups is 1. The van der Waals surface area contributed by atoms with Crippen LogP contribution in [0.25, 0.3) is 10.9 Å². The predicted molar refractivity (Wildman–Crippen MR) is 133 cm³/mol. The van der Waals surface area contributed by atoms with Crippen LogP contribution in [0.2, 0.25) is 0 Å². The van der Waals surface area contributed by atoms with Crippen molar-refractivity contribution in [1.82, 2.24) is 15.4 Å². The molecule has 0 fully saturated rings. The molecule has 4 N–H and O–H groups in total. The molecule has 2 aromatic carbocycles. The largest absolute Gasteiger partial charge is 0.497 e. The second-order valence-corrected chi connectivity index (χ2v) is 6.23. The minimum absolute atomic E-state index is 0.380. The van der Waals surface area contributed by atoms with Gasteiger partial charge < -0.3 is 19.9 Å². The van der Waals surface area contributed by atoms with Gasteiger partial charge in [0.15, 0.2) is 5.82 Å². The molecule has 33 heavy (non-hydrogen) atoms. The lowest BCUT2D eigenvalue weighted by Gasteiger charge is -2.14. The lowest BCUT2D eigenvalue weighted by atomic mass is 10.1. The van der Waals surface area contributed by atoms with Gasteiger partial charge in [-0.3, -0.25) is 15.6 Å². The van der Waals surface area contributed by atoms with Gasteiger partial charge >= 0.3 is 0 Å². The molecule has 0 saturated carbocycles. The van der Waals surface area contributed by atoms with E-state index in [0.717, 1.165) is 22.0 Å². The molecule has 0 saturated heterocycles. The third-order valence-corrected chi connectivity index (χ3v) is 4.32.